The van der Waals surface area contributed by atoms with Crippen molar-refractivity contribution in [3.05, 3.63) is 82.9 Å². The summed E-state index contributed by atoms with van der Waals surface area (Å²) < 4.78 is 38.4. The molecule has 2 aliphatic heterocycles. The lowest BCUT2D eigenvalue weighted by atomic mass is 10.1. The van der Waals surface area contributed by atoms with Crippen LogP contribution in [0.4, 0.5) is 20.2 Å². The first-order valence-corrected chi connectivity index (χ1v) is 14.4. The predicted octanol–water partition coefficient (Wildman–Crippen LogP) is 3.63. The van der Waals surface area contributed by atoms with Crippen molar-refractivity contribution in [2.75, 3.05) is 76.8 Å². The summed E-state index contributed by atoms with van der Waals surface area (Å²) in [5, 5.41) is 6.00. The van der Waals surface area contributed by atoms with Gasteiger partial charge in [-0.3, -0.25) is 14.4 Å². The largest absolute Gasteiger partial charge is 0.493 e. The Bertz CT molecular complexity index is 1530. The normalized spacial score (nSPS) is 15.4. The highest BCUT2D eigenvalue weighted by molar-refractivity contribution is 6.07. The Balaban J connectivity index is 1.39. The summed E-state index contributed by atoms with van der Waals surface area (Å²) in [5.74, 6) is -1.78. The average Bonchev–Trinajstić information content (AvgIpc) is 3.30. The molecule has 0 aromatic heterocycles. The highest BCUT2D eigenvalue weighted by Crippen LogP contribution is 2.31. The number of ether oxygens (including phenoxy) is 2. The molecule has 2 aliphatic rings. The molecule has 2 heterocycles. The van der Waals surface area contributed by atoms with Crippen LogP contribution in [0.2, 0.25) is 0 Å². The van der Waals surface area contributed by atoms with E-state index in [0.717, 1.165) is 12.1 Å². The van der Waals surface area contributed by atoms with Crippen LogP contribution >= 0.6 is 0 Å². The van der Waals surface area contributed by atoms with Gasteiger partial charge in [-0.05, 0) is 55.0 Å². The van der Waals surface area contributed by atoms with Crippen LogP contribution in [0.3, 0.4) is 0 Å². The van der Waals surface area contributed by atoms with Gasteiger partial charge in [0.15, 0.2) is 11.5 Å². The fourth-order valence-corrected chi connectivity index (χ4v) is 5.49. The van der Waals surface area contributed by atoms with Gasteiger partial charge in [0.25, 0.3) is 17.7 Å². The summed E-state index contributed by atoms with van der Waals surface area (Å²) in [5.41, 5.74) is 1.64. The Kier molecular flexibility index (Phi) is 9.59. The van der Waals surface area contributed by atoms with Crippen molar-refractivity contribution < 1.29 is 32.6 Å². The zero-order valence-corrected chi connectivity index (χ0v) is 24.7. The Hall–Kier alpha value is -4.71. The molecular weight excluding hydrogens is 572 g/mol. The van der Waals surface area contributed by atoms with Gasteiger partial charge >= 0.3 is 0 Å². The summed E-state index contributed by atoms with van der Waals surface area (Å²) in [6.45, 7) is 4.40. The van der Waals surface area contributed by atoms with Crippen molar-refractivity contribution >= 4 is 29.1 Å². The van der Waals surface area contributed by atoms with Gasteiger partial charge in [-0.2, -0.15) is 0 Å². The minimum absolute atomic E-state index is 0.147. The first-order valence-electron chi connectivity index (χ1n) is 14.4. The van der Waals surface area contributed by atoms with Gasteiger partial charge in [0.2, 0.25) is 0 Å². The molecule has 0 radical (unpaired) electrons. The summed E-state index contributed by atoms with van der Waals surface area (Å²) in [6.07, 6.45) is 0.642. The third-order valence-electron chi connectivity index (χ3n) is 7.77. The zero-order chi connectivity index (χ0) is 31.2. The number of amides is 3. The van der Waals surface area contributed by atoms with Gasteiger partial charge in [0.1, 0.15) is 11.6 Å². The van der Waals surface area contributed by atoms with Gasteiger partial charge in [-0.1, -0.05) is 0 Å². The molecule has 0 unspecified atom stereocenters. The highest BCUT2D eigenvalue weighted by Gasteiger charge is 2.25. The Morgan fingerprint density at radius 1 is 0.705 bits per heavy atom. The van der Waals surface area contributed by atoms with E-state index in [2.05, 4.69) is 10.6 Å². The number of anilines is 2. The number of nitrogens with zero attached hydrogens (tertiary/aromatic N) is 3. The zero-order valence-electron chi connectivity index (χ0n) is 24.7. The molecule has 12 heteroatoms. The van der Waals surface area contributed by atoms with Crippen molar-refractivity contribution in [1.82, 2.24) is 15.1 Å². The van der Waals surface area contributed by atoms with Crippen LogP contribution < -0.4 is 25.0 Å². The molecule has 10 nitrogen and oxygen atoms in total. The molecule has 3 aromatic carbocycles. The summed E-state index contributed by atoms with van der Waals surface area (Å²) in [6, 6.07) is 12.7. The second kappa shape index (κ2) is 13.7. The third kappa shape index (κ3) is 6.91. The SMILES string of the molecule is COc1ccc(C(=O)N2CCCN(c3ccc(C(=O)N4CCNCC4)cc3NC(=O)c3cc(F)cc(F)c3)CC2)cc1OC. The predicted molar refractivity (Wildman–Crippen MR) is 162 cm³/mol. The van der Waals surface area contributed by atoms with E-state index in [4.69, 9.17) is 9.47 Å². The summed E-state index contributed by atoms with van der Waals surface area (Å²) >= 11 is 0. The number of hydrogen-bond acceptors (Lipinski definition) is 7. The molecular formula is C32H35F2N5O5. The molecule has 2 fully saturated rings. The molecule has 2 saturated heterocycles. The molecule has 0 bridgehead atoms. The Labute approximate surface area is 254 Å². The third-order valence-corrected chi connectivity index (χ3v) is 7.77. The van der Waals surface area contributed by atoms with Gasteiger partial charge in [-0.25, -0.2) is 8.78 Å². The van der Waals surface area contributed by atoms with Crippen molar-refractivity contribution in [3.8, 4) is 11.5 Å². The molecule has 232 valence electrons. The van der Waals surface area contributed by atoms with Crippen molar-refractivity contribution in [2.24, 2.45) is 0 Å². The maximum atomic E-state index is 13.9. The highest BCUT2D eigenvalue weighted by atomic mass is 19.1. The fraction of sp³-hybridized carbons (Fsp3) is 0.344. The van der Waals surface area contributed by atoms with E-state index in [1.807, 2.05) is 4.90 Å². The maximum Gasteiger partial charge on any atom is 0.255 e. The lowest BCUT2D eigenvalue weighted by Crippen LogP contribution is -2.46. The smallest absolute Gasteiger partial charge is 0.255 e. The minimum atomic E-state index is -0.871. The standard InChI is InChI=1S/C32H35F2N5O5/c1-43-28-7-5-22(19-29(28)44-2)32(42)38-11-3-10-37(14-15-38)27-6-4-21(31(41)39-12-8-35-9-13-39)18-26(27)36-30(40)23-16-24(33)20-25(34)17-23/h4-7,16-20,35H,3,8-15H2,1-2H3,(H,36,40). The lowest BCUT2D eigenvalue weighted by Gasteiger charge is -2.29. The van der Waals surface area contributed by atoms with Crippen LogP contribution in [0.5, 0.6) is 11.5 Å². The Morgan fingerprint density at radius 3 is 2.02 bits per heavy atom. The van der Waals surface area contributed by atoms with Crippen LogP contribution in [0, 0.1) is 11.6 Å². The fourth-order valence-electron chi connectivity index (χ4n) is 5.49. The number of carbonyl (C=O) groups is 3. The number of hydrogen-bond donors (Lipinski definition) is 2. The molecule has 0 aliphatic carbocycles. The van der Waals surface area contributed by atoms with E-state index in [9.17, 15) is 23.2 Å². The van der Waals surface area contributed by atoms with Gasteiger partial charge < -0.3 is 34.8 Å². The van der Waals surface area contributed by atoms with Crippen LogP contribution in [0.15, 0.2) is 54.6 Å². The molecule has 0 saturated carbocycles. The number of rotatable bonds is 7. The minimum Gasteiger partial charge on any atom is -0.493 e. The molecule has 44 heavy (non-hydrogen) atoms. The second-order valence-electron chi connectivity index (χ2n) is 10.6. The van der Waals surface area contributed by atoms with Crippen molar-refractivity contribution in [3.63, 3.8) is 0 Å². The van der Waals surface area contributed by atoms with Crippen LogP contribution in [-0.4, -0.2) is 94.1 Å². The number of piperazine rings is 1. The average molecular weight is 608 g/mol. The number of halogens is 2. The van der Waals surface area contributed by atoms with E-state index in [1.165, 1.54) is 14.2 Å². The Morgan fingerprint density at radius 2 is 1.34 bits per heavy atom. The van der Waals surface area contributed by atoms with E-state index < -0.39 is 17.5 Å². The van der Waals surface area contributed by atoms with Crippen LogP contribution in [0.25, 0.3) is 0 Å². The van der Waals surface area contributed by atoms with Gasteiger partial charge in [0, 0.05) is 75.1 Å². The monoisotopic (exact) mass is 607 g/mol. The molecule has 3 aromatic rings. The van der Waals surface area contributed by atoms with Gasteiger partial charge in [-0.15, -0.1) is 0 Å². The molecule has 0 atom stereocenters. The number of nitrogens with one attached hydrogen (secondary N) is 2. The van der Waals surface area contributed by atoms with Gasteiger partial charge in [0.05, 0.1) is 25.6 Å². The molecule has 3 amide bonds. The van der Waals surface area contributed by atoms with E-state index in [0.29, 0.717) is 98.8 Å². The number of carbonyl (C=O) groups excluding carboxylic acids is 3. The molecule has 2 N–H and O–H groups in total. The topological polar surface area (TPSA) is 103 Å². The summed E-state index contributed by atoms with van der Waals surface area (Å²) in [4.78, 5) is 45.4. The molecule has 5 rings (SSSR count). The first kappa shape index (κ1) is 30.7. The van der Waals surface area contributed by atoms with Crippen LogP contribution in [0.1, 0.15) is 37.5 Å². The first-order chi connectivity index (χ1) is 21.3. The van der Waals surface area contributed by atoms with Crippen LogP contribution in [-0.2, 0) is 0 Å². The summed E-state index contributed by atoms with van der Waals surface area (Å²) in [7, 11) is 3.04. The lowest BCUT2D eigenvalue weighted by molar-refractivity contribution is 0.0734. The van der Waals surface area contributed by atoms with E-state index in [1.54, 1.807) is 46.2 Å². The second-order valence-corrected chi connectivity index (χ2v) is 10.6. The van der Waals surface area contributed by atoms with E-state index in [-0.39, 0.29) is 17.4 Å². The molecule has 0 spiro atoms. The maximum absolute atomic E-state index is 13.9. The van der Waals surface area contributed by atoms with Crippen molar-refractivity contribution in [2.45, 2.75) is 6.42 Å². The number of methoxy groups -OCH3 is 2. The van der Waals surface area contributed by atoms with E-state index >= 15 is 0 Å². The number of benzene rings is 3. The van der Waals surface area contributed by atoms with Crippen molar-refractivity contribution in [1.29, 1.82) is 0 Å². The quantitative estimate of drug-likeness (QED) is 0.423.